The molecule has 162 valence electrons. The topological polar surface area (TPSA) is 67.4 Å². The molecule has 0 bridgehead atoms. The summed E-state index contributed by atoms with van der Waals surface area (Å²) >= 11 is 0. The van der Waals surface area contributed by atoms with Crippen molar-refractivity contribution in [3.8, 4) is 0 Å². The second kappa shape index (κ2) is 11.8. The smallest absolute Gasteiger partial charge is 0.310 e. The van der Waals surface area contributed by atoms with E-state index in [1.807, 2.05) is 77.1 Å². The maximum absolute atomic E-state index is 13.0. The molecule has 5 nitrogen and oxygen atoms in total. The monoisotopic (exact) mass is 402 g/mol. The minimum Gasteiger partial charge on any atom is -0.460 e. The van der Waals surface area contributed by atoms with Crippen molar-refractivity contribution in [1.82, 2.24) is 10.9 Å². The number of hydrazine groups is 1. The molecule has 0 fully saturated rings. The number of hydrogen-bond donors (Lipinski definition) is 2. The summed E-state index contributed by atoms with van der Waals surface area (Å²) in [6.45, 7) is 14.3. The van der Waals surface area contributed by atoms with Crippen LogP contribution in [0.3, 0.4) is 0 Å². The third-order valence-electron chi connectivity index (χ3n) is 4.39. The number of benzene rings is 1. The van der Waals surface area contributed by atoms with Crippen molar-refractivity contribution in [2.24, 2.45) is 23.7 Å². The van der Waals surface area contributed by atoms with Gasteiger partial charge in [-0.25, -0.2) is 5.43 Å². The lowest BCUT2D eigenvalue weighted by Crippen LogP contribution is -2.48. The number of esters is 1. The molecule has 1 amide bonds. The summed E-state index contributed by atoms with van der Waals surface area (Å²) in [7, 11) is 0. The Labute approximate surface area is 176 Å². The molecule has 2 atom stereocenters. The molecule has 0 saturated heterocycles. The molecule has 29 heavy (non-hydrogen) atoms. The van der Waals surface area contributed by atoms with Gasteiger partial charge in [0.1, 0.15) is 5.60 Å². The first kappa shape index (κ1) is 24.9. The number of carbonyl (C=O) groups is 2. The van der Waals surface area contributed by atoms with Gasteiger partial charge in [0.25, 0.3) is 0 Å². The fourth-order valence-corrected chi connectivity index (χ4v) is 3.06. The molecule has 1 rings (SSSR count). The van der Waals surface area contributed by atoms with Crippen molar-refractivity contribution in [2.75, 3.05) is 6.54 Å². The zero-order valence-corrected chi connectivity index (χ0v) is 19.0. The summed E-state index contributed by atoms with van der Waals surface area (Å²) in [5.74, 6) is -1.18. The SMILES string of the molecule is CC(C)CNNC(=O)[C@H](C(C)C)[C@H](C/C=C/c1ccccc1)C(=O)OC(C)(C)C. The minimum atomic E-state index is -0.605. The molecule has 0 spiro atoms. The second-order valence-electron chi connectivity index (χ2n) is 9.22. The highest BCUT2D eigenvalue weighted by molar-refractivity contribution is 5.85. The Bertz CT molecular complexity index is 660. The molecule has 5 heteroatoms. The number of allylic oxidation sites excluding steroid dienone is 1. The summed E-state index contributed by atoms with van der Waals surface area (Å²) in [6.07, 6.45) is 4.36. The Morgan fingerprint density at radius 1 is 1.07 bits per heavy atom. The largest absolute Gasteiger partial charge is 0.460 e. The predicted molar refractivity (Wildman–Crippen MR) is 119 cm³/mol. The Hall–Kier alpha value is -2.14. The molecule has 2 N–H and O–H groups in total. The lowest BCUT2D eigenvalue weighted by atomic mass is 9.80. The summed E-state index contributed by atoms with van der Waals surface area (Å²) in [5, 5.41) is 0. The van der Waals surface area contributed by atoms with Gasteiger partial charge < -0.3 is 4.74 Å². The molecule has 0 aromatic heterocycles. The third-order valence-corrected chi connectivity index (χ3v) is 4.39. The quantitative estimate of drug-likeness (QED) is 0.443. The molecule has 1 aromatic carbocycles. The van der Waals surface area contributed by atoms with Gasteiger partial charge in [0.05, 0.1) is 11.8 Å². The highest BCUT2D eigenvalue weighted by atomic mass is 16.6. The summed E-state index contributed by atoms with van der Waals surface area (Å²) < 4.78 is 5.65. The van der Waals surface area contributed by atoms with E-state index in [1.54, 1.807) is 0 Å². The van der Waals surface area contributed by atoms with Crippen LogP contribution in [-0.4, -0.2) is 24.0 Å². The molecule has 0 unspecified atom stereocenters. The average molecular weight is 403 g/mol. The van der Waals surface area contributed by atoms with Gasteiger partial charge in [0.15, 0.2) is 0 Å². The highest BCUT2D eigenvalue weighted by Gasteiger charge is 2.37. The second-order valence-corrected chi connectivity index (χ2v) is 9.22. The Morgan fingerprint density at radius 2 is 1.69 bits per heavy atom. The molecule has 0 heterocycles. The van der Waals surface area contributed by atoms with Gasteiger partial charge in [-0.15, -0.1) is 0 Å². The predicted octanol–water partition coefficient (Wildman–Crippen LogP) is 4.60. The zero-order valence-electron chi connectivity index (χ0n) is 19.0. The van der Waals surface area contributed by atoms with E-state index in [2.05, 4.69) is 24.7 Å². The molecular formula is C24H38N2O3. The normalized spacial score (nSPS) is 14.2. The average Bonchev–Trinajstić information content (AvgIpc) is 2.59. The third kappa shape index (κ3) is 9.75. The van der Waals surface area contributed by atoms with Crippen LogP contribution in [0.2, 0.25) is 0 Å². The van der Waals surface area contributed by atoms with E-state index in [0.29, 0.717) is 18.9 Å². The number of rotatable bonds is 10. The van der Waals surface area contributed by atoms with Gasteiger partial charge in [-0.1, -0.05) is 70.2 Å². The van der Waals surface area contributed by atoms with Crippen molar-refractivity contribution in [3.63, 3.8) is 0 Å². The van der Waals surface area contributed by atoms with Gasteiger partial charge in [-0.05, 0) is 44.6 Å². The van der Waals surface area contributed by atoms with Gasteiger partial charge in [-0.2, -0.15) is 0 Å². The fraction of sp³-hybridized carbons (Fsp3) is 0.583. The molecule has 0 saturated carbocycles. The van der Waals surface area contributed by atoms with Gasteiger partial charge in [0.2, 0.25) is 5.91 Å². The van der Waals surface area contributed by atoms with Crippen molar-refractivity contribution in [2.45, 2.75) is 60.5 Å². The Morgan fingerprint density at radius 3 is 2.21 bits per heavy atom. The number of hydrogen-bond acceptors (Lipinski definition) is 4. The van der Waals surface area contributed by atoms with Crippen LogP contribution in [0.4, 0.5) is 0 Å². The summed E-state index contributed by atoms with van der Waals surface area (Å²) in [6, 6.07) is 9.90. The van der Waals surface area contributed by atoms with Crippen molar-refractivity contribution in [1.29, 1.82) is 0 Å². The van der Waals surface area contributed by atoms with E-state index in [0.717, 1.165) is 5.56 Å². The van der Waals surface area contributed by atoms with Crippen LogP contribution in [0.5, 0.6) is 0 Å². The van der Waals surface area contributed by atoms with Gasteiger partial charge in [-0.3, -0.25) is 15.0 Å². The van der Waals surface area contributed by atoms with E-state index in [9.17, 15) is 9.59 Å². The number of carbonyl (C=O) groups excluding carboxylic acids is 2. The van der Waals surface area contributed by atoms with E-state index in [-0.39, 0.29) is 17.8 Å². The first-order valence-corrected chi connectivity index (χ1v) is 10.5. The van der Waals surface area contributed by atoms with Crippen molar-refractivity contribution in [3.05, 3.63) is 42.0 Å². The summed E-state index contributed by atoms with van der Waals surface area (Å²) in [4.78, 5) is 25.9. The molecular weight excluding hydrogens is 364 g/mol. The molecule has 0 aliphatic carbocycles. The highest BCUT2D eigenvalue weighted by Crippen LogP contribution is 2.28. The lowest BCUT2D eigenvalue weighted by molar-refractivity contribution is -0.164. The van der Waals surface area contributed by atoms with Crippen LogP contribution >= 0.6 is 0 Å². The van der Waals surface area contributed by atoms with Crippen LogP contribution < -0.4 is 10.9 Å². The van der Waals surface area contributed by atoms with Gasteiger partial charge >= 0.3 is 5.97 Å². The Balaban J connectivity index is 3.01. The van der Waals surface area contributed by atoms with Gasteiger partial charge in [0, 0.05) is 6.54 Å². The molecule has 1 aromatic rings. The van der Waals surface area contributed by atoms with Crippen LogP contribution in [0.1, 0.15) is 60.5 Å². The number of nitrogens with one attached hydrogen (secondary N) is 2. The molecule has 0 aliphatic heterocycles. The lowest BCUT2D eigenvalue weighted by Gasteiger charge is -2.30. The van der Waals surface area contributed by atoms with Crippen molar-refractivity contribution < 1.29 is 14.3 Å². The van der Waals surface area contributed by atoms with Crippen LogP contribution in [0, 0.1) is 23.7 Å². The van der Waals surface area contributed by atoms with E-state index in [1.165, 1.54) is 0 Å². The van der Waals surface area contributed by atoms with Crippen LogP contribution in [0.25, 0.3) is 6.08 Å². The maximum atomic E-state index is 13.0. The maximum Gasteiger partial charge on any atom is 0.310 e. The van der Waals surface area contributed by atoms with E-state index < -0.39 is 17.4 Å². The first-order chi connectivity index (χ1) is 13.5. The van der Waals surface area contributed by atoms with Crippen LogP contribution in [0.15, 0.2) is 36.4 Å². The number of ether oxygens (including phenoxy) is 1. The number of amides is 1. The zero-order chi connectivity index (χ0) is 22.0. The Kier molecular flexibility index (Phi) is 10.1. The van der Waals surface area contributed by atoms with E-state index in [4.69, 9.17) is 4.74 Å². The summed E-state index contributed by atoms with van der Waals surface area (Å²) in [5.41, 5.74) is 6.21. The van der Waals surface area contributed by atoms with Crippen molar-refractivity contribution >= 4 is 18.0 Å². The molecule has 0 aliphatic rings. The first-order valence-electron chi connectivity index (χ1n) is 10.5. The minimum absolute atomic E-state index is 0.0153. The molecule has 0 radical (unpaired) electrons. The standard InChI is InChI=1S/C24H38N2O3/c1-17(2)16-25-26-22(27)21(18(3)4)20(23(28)29-24(5,6)7)15-11-14-19-12-9-8-10-13-19/h8-14,17-18,20-21,25H,15-16H2,1-7H3,(H,26,27)/b14-11+/t20-,21+/m0/s1. The van der Waals surface area contributed by atoms with Crippen LogP contribution in [-0.2, 0) is 14.3 Å². The van der Waals surface area contributed by atoms with E-state index >= 15 is 0 Å². The fourth-order valence-electron chi connectivity index (χ4n) is 3.06.